The molecule has 7 heteroatoms. The quantitative estimate of drug-likeness (QED) is 0.407. The van der Waals surface area contributed by atoms with Crippen molar-refractivity contribution in [3.05, 3.63) is 95.9 Å². The smallest absolute Gasteiger partial charge is 0.319 e. The van der Waals surface area contributed by atoms with E-state index < -0.39 is 21.4 Å². The Balaban J connectivity index is 1.70. The largest absolute Gasteiger partial charge is 0.331 e. The van der Waals surface area contributed by atoms with Gasteiger partial charge in [0.1, 0.15) is 5.82 Å². The molecule has 2 aromatic rings. The van der Waals surface area contributed by atoms with Crippen molar-refractivity contribution in [2.24, 2.45) is 0 Å². The van der Waals surface area contributed by atoms with Gasteiger partial charge in [0, 0.05) is 33.3 Å². The summed E-state index contributed by atoms with van der Waals surface area (Å²) in [7, 11) is -2.76. The molecule has 0 radical (unpaired) electrons. The molecule has 0 bridgehead atoms. The van der Waals surface area contributed by atoms with Crippen LogP contribution in [-0.2, 0) is 28.4 Å². The van der Waals surface area contributed by atoms with Crippen LogP contribution in [0.1, 0.15) is 23.6 Å². The van der Waals surface area contributed by atoms with Crippen molar-refractivity contribution in [3.63, 3.8) is 0 Å². The zero-order chi connectivity index (χ0) is 23.3. The molecule has 0 spiro atoms. The Hall–Kier alpha value is -3.16. The first-order valence-electron chi connectivity index (χ1n) is 10.2. The first-order valence-corrected chi connectivity index (χ1v) is 12.1. The van der Waals surface area contributed by atoms with E-state index in [2.05, 4.69) is 35.0 Å². The van der Waals surface area contributed by atoms with Crippen LogP contribution in [0.2, 0.25) is 0 Å². The highest BCUT2D eigenvalue weighted by molar-refractivity contribution is 7.99. The Kier molecular flexibility index (Phi) is 7.33. The van der Waals surface area contributed by atoms with Crippen LogP contribution in [0, 0.1) is 5.82 Å². The van der Waals surface area contributed by atoms with Crippen molar-refractivity contribution >= 4 is 27.1 Å². The number of hydrogen-bond donors (Lipinski definition) is 3. The highest BCUT2D eigenvalue weighted by Gasteiger charge is 2.17. The van der Waals surface area contributed by atoms with Gasteiger partial charge in [0.25, 0.3) is 0 Å². The van der Waals surface area contributed by atoms with Gasteiger partial charge < -0.3 is 16.0 Å². The number of nitrogens with one attached hydrogen (secondary N) is 3. The zero-order valence-corrected chi connectivity index (χ0v) is 18.9. The molecule has 32 heavy (non-hydrogen) atoms. The normalized spacial score (nSPS) is 15.9. The molecule has 3 rings (SSSR count). The molecule has 2 amide bonds. The Labute approximate surface area is 189 Å². The second-order valence-electron chi connectivity index (χ2n) is 7.73. The lowest BCUT2D eigenvalue weighted by Crippen LogP contribution is -2.37. The van der Waals surface area contributed by atoms with Crippen LogP contribution in [0.25, 0.3) is 0 Å². The van der Waals surface area contributed by atoms with Gasteiger partial charge in [-0.15, -0.1) is 0 Å². The van der Waals surface area contributed by atoms with Crippen LogP contribution in [0.15, 0.2) is 78.3 Å². The Morgan fingerprint density at radius 2 is 1.97 bits per heavy atom. The van der Waals surface area contributed by atoms with E-state index in [1.807, 2.05) is 18.2 Å². The Morgan fingerprint density at radius 3 is 2.66 bits per heavy atom. The lowest BCUT2D eigenvalue weighted by atomic mass is 10.1. The predicted molar refractivity (Wildman–Crippen MR) is 131 cm³/mol. The van der Waals surface area contributed by atoms with Gasteiger partial charge >= 0.3 is 6.03 Å². The van der Waals surface area contributed by atoms with Gasteiger partial charge in [-0.05, 0) is 53.3 Å². The van der Waals surface area contributed by atoms with Gasteiger partial charge in [-0.1, -0.05) is 49.6 Å². The van der Waals surface area contributed by atoms with E-state index in [4.69, 9.17) is 0 Å². The SMILES string of the molecule is C=C/C=C(\C=C)C(C)NC(=O)Nc1ccc(S(=C)(=O)Cc2ccc3c(c2)CNC3)cc1F. The molecule has 0 saturated heterocycles. The van der Waals surface area contributed by atoms with Gasteiger partial charge in [0.15, 0.2) is 0 Å². The lowest BCUT2D eigenvalue weighted by Gasteiger charge is -2.16. The molecule has 0 aromatic heterocycles. The minimum absolute atomic E-state index is 0.00916. The maximum absolute atomic E-state index is 14.7. The van der Waals surface area contributed by atoms with Crippen molar-refractivity contribution in [2.75, 3.05) is 5.32 Å². The molecule has 2 atom stereocenters. The second kappa shape index (κ2) is 9.97. The minimum atomic E-state index is -2.76. The van der Waals surface area contributed by atoms with Crippen molar-refractivity contribution < 1.29 is 13.4 Å². The molecule has 0 saturated carbocycles. The van der Waals surface area contributed by atoms with Crippen LogP contribution in [0.3, 0.4) is 0 Å². The van der Waals surface area contributed by atoms with Crippen LogP contribution in [-0.4, -0.2) is 22.2 Å². The summed E-state index contributed by atoms with van der Waals surface area (Å²) in [4.78, 5) is 12.6. The highest BCUT2D eigenvalue weighted by Crippen LogP contribution is 2.24. The third-order valence-electron chi connectivity index (χ3n) is 5.31. The molecular weight excluding hydrogens is 425 g/mol. The Bertz CT molecular complexity index is 1190. The van der Waals surface area contributed by atoms with E-state index in [0.29, 0.717) is 4.90 Å². The first-order chi connectivity index (χ1) is 15.2. The molecule has 3 N–H and O–H groups in total. The number of benzene rings is 2. The molecule has 0 fully saturated rings. The molecule has 2 aromatic carbocycles. The highest BCUT2D eigenvalue weighted by atomic mass is 32.2. The van der Waals surface area contributed by atoms with Gasteiger partial charge in [0.05, 0.1) is 11.7 Å². The third-order valence-corrected chi connectivity index (χ3v) is 7.23. The number of amides is 2. The average molecular weight is 454 g/mol. The van der Waals surface area contributed by atoms with Crippen molar-refractivity contribution in [2.45, 2.75) is 36.7 Å². The summed E-state index contributed by atoms with van der Waals surface area (Å²) < 4.78 is 27.9. The fourth-order valence-corrected chi connectivity index (χ4v) is 5.10. The molecular formula is C25H28FN3O2S. The number of halogens is 1. The molecule has 168 valence electrons. The number of fused-ring (bicyclic) bond motifs is 1. The van der Waals surface area contributed by atoms with Crippen LogP contribution >= 0.6 is 0 Å². The molecule has 5 nitrogen and oxygen atoms in total. The number of allylic oxidation sites excluding steroid dienone is 2. The minimum Gasteiger partial charge on any atom is -0.331 e. The van der Waals surface area contributed by atoms with E-state index in [-0.39, 0.29) is 17.5 Å². The van der Waals surface area contributed by atoms with Gasteiger partial charge in [-0.2, -0.15) is 0 Å². The fourth-order valence-electron chi connectivity index (χ4n) is 3.58. The number of urea groups is 1. The van der Waals surface area contributed by atoms with Gasteiger partial charge in [-0.25, -0.2) is 9.18 Å². The van der Waals surface area contributed by atoms with Gasteiger partial charge in [-0.3, -0.25) is 4.21 Å². The van der Waals surface area contributed by atoms with Crippen molar-refractivity contribution in [1.82, 2.24) is 10.6 Å². The van der Waals surface area contributed by atoms with E-state index in [1.54, 1.807) is 31.2 Å². The molecule has 2 unspecified atom stereocenters. The van der Waals surface area contributed by atoms with E-state index in [1.165, 1.54) is 23.3 Å². The maximum atomic E-state index is 14.7. The van der Waals surface area contributed by atoms with Crippen LogP contribution in [0.4, 0.5) is 14.9 Å². The first kappa shape index (κ1) is 23.5. The molecule has 0 aliphatic carbocycles. The topological polar surface area (TPSA) is 70.2 Å². The molecule has 1 heterocycles. The predicted octanol–water partition coefficient (Wildman–Crippen LogP) is 4.51. The summed E-state index contributed by atoms with van der Waals surface area (Å²) in [6.07, 6.45) is 4.95. The van der Waals surface area contributed by atoms with Crippen LogP contribution in [0.5, 0.6) is 0 Å². The number of carbonyl (C=O) groups excluding carboxylic acids is 1. The average Bonchev–Trinajstić information content (AvgIpc) is 3.20. The number of anilines is 1. The number of carbonyl (C=O) groups is 1. The number of rotatable bonds is 8. The van der Waals surface area contributed by atoms with E-state index >= 15 is 0 Å². The maximum Gasteiger partial charge on any atom is 0.319 e. The fraction of sp³-hybridized carbons (Fsp3) is 0.200. The van der Waals surface area contributed by atoms with Crippen LogP contribution < -0.4 is 16.0 Å². The summed E-state index contributed by atoms with van der Waals surface area (Å²) in [6, 6.07) is 9.20. The van der Waals surface area contributed by atoms with Crippen molar-refractivity contribution in [1.29, 1.82) is 0 Å². The number of hydrogen-bond acceptors (Lipinski definition) is 3. The lowest BCUT2D eigenvalue weighted by molar-refractivity contribution is 0.250. The summed E-state index contributed by atoms with van der Waals surface area (Å²) in [5.41, 5.74) is 4.08. The van der Waals surface area contributed by atoms with E-state index in [9.17, 15) is 13.4 Å². The molecule has 1 aliphatic rings. The van der Waals surface area contributed by atoms with Gasteiger partial charge in [0.2, 0.25) is 0 Å². The standard InChI is InChI=1S/C25H28FN3O2S/c1-5-7-19(6-2)17(3)28-25(30)29-24-11-10-22(13-23(24)26)32(4,31)16-18-8-9-20-14-27-15-21(20)12-18/h5-13,17,27H,1-2,4,14-16H2,3H3,(H2,28,29,30)/b19-7+. The summed E-state index contributed by atoms with van der Waals surface area (Å²) >= 11 is 0. The Morgan fingerprint density at radius 1 is 1.22 bits per heavy atom. The van der Waals surface area contributed by atoms with Crippen molar-refractivity contribution in [3.8, 4) is 0 Å². The summed E-state index contributed by atoms with van der Waals surface area (Å²) in [6.45, 7) is 10.7. The van der Waals surface area contributed by atoms with E-state index in [0.717, 1.165) is 24.2 Å². The summed E-state index contributed by atoms with van der Waals surface area (Å²) in [5, 5.41) is 8.48. The molecule has 1 aliphatic heterocycles. The third kappa shape index (κ3) is 5.55. The second-order valence-corrected chi connectivity index (χ2v) is 10.1. The summed E-state index contributed by atoms with van der Waals surface area (Å²) in [5.74, 6) is 3.41. The zero-order valence-electron chi connectivity index (χ0n) is 18.1. The monoisotopic (exact) mass is 453 g/mol.